The lowest BCUT2D eigenvalue weighted by atomic mass is 10.0. The molecule has 1 aliphatic heterocycles. The van der Waals surface area contributed by atoms with E-state index in [0.29, 0.717) is 13.0 Å². The highest BCUT2D eigenvalue weighted by Gasteiger charge is 2.34. The first kappa shape index (κ1) is 17.3. The van der Waals surface area contributed by atoms with Gasteiger partial charge in [0.2, 0.25) is 11.8 Å². The van der Waals surface area contributed by atoms with E-state index in [-0.39, 0.29) is 22.6 Å². The predicted octanol–water partition coefficient (Wildman–Crippen LogP) is 2.43. The van der Waals surface area contributed by atoms with Crippen LogP contribution in [0.15, 0.2) is 0 Å². The summed E-state index contributed by atoms with van der Waals surface area (Å²) in [4.78, 5) is 26.3. The summed E-state index contributed by atoms with van der Waals surface area (Å²) in [6, 6.07) is -0.330. The number of carbonyl (C=O) groups excluding carboxylic acids is 2. The van der Waals surface area contributed by atoms with Gasteiger partial charge in [-0.25, -0.2) is 0 Å². The maximum Gasteiger partial charge on any atom is 0.245 e. The van der Waals surface area contributed by atoms with Gasteiger partial charge in [0.25, 0.3) is 0 Å². The van der Waals surface area contributed by atoms with Crippen molar-refractivity contribution in [2.24, 2.45) is 0 Å². The van der Waals surface area contributed by atoms with Crippen molar-refractivity contribution in [2.75, 3.05) is 19.3 Å². The van der Waals surface area contributed by atoms with E-state index in [1.165, 1.54) is 0 Å². The van der Waals surface area contributed by atoms with E-state index in [9.17, 15) is 9.59 Å². The molecule has 20 heavy (non-hydrogen) atoms. The van der Waals surface area contributed by atoms with Crippen LogP contribution in [0.5, 0.6) is 0 Å². The number of carbonyl (C=O) groups is 2. The lowest BCUT2D eigenvalue weighted by Crippen LogP contribution is -2.49. The Hall–Kier alpha value is -0.710. The Bertz CT molecular complexity index is 335. The van der Waals surface area contributed by atoms with Crippen molar-refractivity contribution in [3.63, 3.8) is 0 Å². The van der Waals surface area contributed by atoms with Crippen molar-refractivity contribution in [3.8, 4) is 0 Å². The van der Waals surface area contributed by atoms with E-state index >= 15 is 0 Å². The quantitative estimate of drug-likeness (QED) is 0.785. The molecule has 0 aromatic heterocycles. The second kappa shape index (κ2) is 7.91. The molecule has 0 bridgehead atoms. The third-order valence-corrected chi connectivity index (χ3v) is 5.90. The Morgan fingerprint density at radius 2 is 1.95 bits per heavy atom. The van der Waals surface area contributed by atoms with Gasteiger partial charge in [0.15, 0.2) is 0 Å². The molecule has 0 aliphatic carbocycles. The molecule has 116 valence electrons. The van der Waals surface area contributed by atoms with Crippen molar-refractivity contribution < 1.29 is 9.59 Å². The van der Waals surface area contributed by atoms with Crippen LogP contribution < -0.4 is 5.32 Å². The van der Waals surface area contributed by atoms with E-state index in [0.717, 1.165) is 32.2 Å². The molecule has 1 fully saturated rings. The van der Waals surface area contributed by atoms with Gasteiger partial charge in [-0.1, -0.05) is 27.2 Å². The van der Waals surface area contributed by atoms with Crippen LogP contribution in [0, 0.1) is 0 Å². The van der Waals surface area contributed by atoms with Crippen molar-refractivity contribution in [1.29, 1.82) is 0 Å². The zero-order valence-electron chi connectivity index (χ0n) is 13.2. The highest BCUT2D eigenvalue weighted by Crippen LogP contribution is 2.32. The SMILES string of the molecule is CCCC1NC(=O)CCN(CC(CC)(CC)SC)C1=O. The number of hydrogen-bond donors (Lipinski definition) is 1. The molecule has 1 heterocycles. The molecule has 1 aliphatic rings. The summed E-state index contributed by atoms with van der Waals surface area (Å²) in [7, 11) is 0. The number of hydrogen-bond acceptors (Lipinski definition) is 3. The van der Waals surface area contributed by atoms with E-state index in [1.807, 2.05) is 23.6 Å². The summed E-state index contributed by atoms with van der Waals surface area (Å²) in [5.41, 5.74) is 0. The van der Waals surface area contributed by atoms with Crippen molar-refractivity contribution in [3.05, 3.63) is 0 Å². The minimum Gasteiger partial charge on any atom is -0.344 e. The van der Waals surface area contributed by atoms with Crippen LogP contribution in [0.25, 0.3) is 0 Å². The van der Waals surface area contributed by atoms with Gasteiger partial charge in [0.05, 0.1) is 0 Å². The van der Waals surface area contributed by atoms with Gasteiger partial charge in [0, 0.05) is 24.3 Å². The number of nitrogens with one attached hydrogen (secondary N) is 1. The average molecular weight is 300 g/mol. The number of amides is 2. The Labute approximate surface area is 127 Å². The molecule has 0 aromatic rings. The maximum absolute atomic E-state index is 12.6. The van der Waals surface area contributed by atoms with E-state index in [1.54, 1.807) is 0 Å². The third-order valence-electron chi connectivity index (χ3n) is 4.33. The lowest BCUT2D eigenvalue weighted by Gasteiger charge is -2.36. The number of thioether (sulfide) groups is 1. The average Bonchev–Trinajstić information content (AvgIpc) is 2.58. The summed E-state index contributed by atoms with van der Waals surface area (Å²) in [6.45, 7) is 7.69. The zero-order valence-corrected chi connectivity index (χ0v) is 14.0. The Morgan fingerprint density at radius 3 is 2.45 bits per heavy atom. The van der Waals surface area contributed by atoms with Gasteiger partial charge in [-0.2, -0.15) is 11.8 Å². The predicted molar refractivity (Wildman–Crippen MR) is 84.9 cm³/mol. The van der Waals surface area contributed by atoms with Crippen LogP contribution in [-0.4, -0.2) is 46.8 Å². The van der Waals surface area contributed by atoms with E-state index in [2.05, 4.69) is 25.4 Å². The van der Waals surface area contributed by atoms with Crippen molar-refractivity contribution in [2.45, 2.75) is 63.7 Å². The van der Waals surface area contributed by atoms with Crippen LogP contribution in [-0.2, 0) is 9.59 Å². The smallest absolute Gasteiger partial charge is 0.245 e. The molecule has 0 aromatic carbocycles. The van der Waals surface area contributed by atoms with Gasteiger partial charge in [-0.15, -0.1) is 0 Å². The summed E-state index contributed by atoms with van der Waals surface area (Å²) in [6.07, 6.45) is 6.24. The molecular weight excluding hydrogens is 272 g/mol. The van der Waals surface area contributed by atoms with Crippen LogP contribution in [0.3, 0.4) is 0 Å². The van der Waals surface area contributed by atoms with Crippen molar-refractivity contribution in [1.82, 2.24) is 10.2 Å². The first-order chi connectivity index (χ1) is 9.51. The fraction of sp³-hybridized carbons (Fsp3) is 0.867. The largest absolute Gasteiger partial charge is 0.344 e. The molecular formula is C15H28N2O2S. The molecule has 1 saturated heterocycles. The van der Waals surface area contributed by atoms with Gasteiger partial charge < -0.3 is 10.2 Å². The minimum absolute atomic E-state index is 0.00190. The highest BCUT2D eigenvalue weighted by atomic mass is 32.2. The van der Waals surface area contributed by atoms with Crippen LogP contribution >= 0.6 is 11.8 Å². The Balaban J connectivity index is 2.86. The second-order valence-electron chi connectivity index (χ2n) is 5.51. The summed E-state index contributed by atoms with van der Waals surface area (Å²) >= 11 is 1.84. The summed E-state index contributed by atoms with van der Waals surface area (Å²) in [5, 5.41) is 2.86. The molecule has 4 nitrogen and oxygen atoms in total. The summed E-state index contributed by atoms with van der Waals surface area (Å²) in [5.74, 6) is 0.0973. The Morgan fingerprint density at radius 1 is 1.30 bits per heavy atom. The van der Waals surface area contributed by atoms with Gasteiger partial charge >= 0.3 is 0 Å². The van der Waals surface area contributed by atoms with Crippen LogP contribution in [0.2, 0.25) is 0 Å². The first-order valence-electron chi connectivity index (χ1n) is 7.65. The summed E-state index contributed by atoms with van der Waals surface area (Å²) < 4.78 is 0.111. The monoisotopic (exact) mass is 300 g/mol. The van der Waals surface area contributed by atoms with E-state index < -0.39 is 0 Å². The standard InChI is InChI=1S/C15H28N2O2S/c1-5-8-12-14(19)17(10-9-13(18)16-12)11-15(6-2,7-3)20-4/h12H,5-11H2,1-4H3,(H,16,18). The molecule has 0 spiro atoms. The number of rotatable bonds is 7. The molecule has 0 radical (unpaired) electrons. The normalized spacial score (nSPS) is 20.8. The fourth-order valence-corrected chi connectivity index (χ4v) is 3.57. The minimum atomic E-state index is -0.330. The molecule has 0 saturated carbocycles. The van der Waals surface area contributed by atoms with Gasteiger partial charge in [0.1, 0.15) is 6.04 Å². The molecule has 1 N–H and O–H groups in total. The zero-order chi connectivity index (χ0) is 15.2. The lowest BCUT2D eigenvalue weighted by molar-refractivity contribution is -0.134. The fourth-order valence-electron chi connectivity index (χ4n) is 2.71. The second-order valence-corrected chi connectivity index (χ2v) is 6.79. The maximum atomic E-state index is 12.6. The Kier molecular flexibility index (Phi) is 6.86. The van der Waals surface area contributed by atoms with E-state index in [4.69, 9.17) is 0 Å². The first-order valence-corrected chi connectivity index (χ1v) is 8.87. The topological polar surface area (TPSA) is 49.4 Å². The molecule has 1 unspecified atom stereocenters. The molecule has 2 amide bonds. The molecule has 1 rings (SSSR count). The van der Waals surface area contributed by atoms with Crippen LogP contribution in [0.1, 0.15) is 52.9 Å². The van der Waals surface area contributed by atoms with Gasteiger partial charge in [-0.3, -0.25) is 9.59 Å². The van der Waals surface area contributed by atoms with Gasteiger partial charge in [-0.05, 0) is 25.5 Å². The molecule has 5 heteroatoms. The highest BCUT2D eigenvalue weighted by molar-refractivity contribution is 8.00. The number of nitrogens with zero attached hydrogens (tertiary/aromatic N) is 1. The van der Waals surface area contributed by atoms with Crippen LogP contribution in [0.4, 0.5) is 0 Å². The van der Waals surface area contributed by atoms with Crippen molar-refractivity contribution >= 4 is 23.6 Å². The third kappa shape index (κ3) is 4.14. The molecule has 1 atom stereocenters.